The summed E-state index contributed by atoms with van der Waals surface area (Å²) in [6.07, 6.45) is 1.04. The maximum absolute atomic E-state index is 9.78. The highest BCUT2D eigenvalue weighted by Crippen LogP contribution is 2.30. The number of nitrogens with one attached hydrogen (secondary N) is 2. The van der Waals surface area contributed by atoms with E-state index in [0.717, 1.165) is 17.2 Å². The number of hydrogen-bond acceptors (Lipinski definition) is 5. The van der Waals surface area contributed by atoms with Gasteiger partial charge in [-0.05, 0) is 26.7 Å². The topological polar surface area (TPSA) is 70.1 Å². The van der Waals surface area contributed by atoms with Crippen molar-refractivity contribution in [3.63, 3.8) is 0 Å². The number of aromatic nitrogens is 2. The van der Waals surface area contributed by atoms with Crippen molar-refractivity contribution in [2.45, 2.75) is 52.2 Å². The Labute approximate surface area is 109 Å². The third kappa shape index (κ3) is 3.10. The van der Waals surface area contributed by atoms with E-state index in [1.807, 2.05) is 20.9 Å². The lowest BCUT2D eigenvalue weighted by Crippen LogP contribution is -2.42. The Balaban J connectivity index is 3.17. The molecule has 1 unspecified atom stereocenters. The maximum Gasteiger partial charge on any atom is 0.135 e. The molecule has 1 aromatic heterocycles. The van der Waals surface area contributed by atoms with Crippen LogP contribution in [0, 0.1) is 0 Å². The lowest BCUT2D eigenvalue weighted by atomic mass is 9.97. The van der Waals surface area contributed by atoms with Crippen LogP contribution in [-0.2, 0) is 0 Å². The molecule has 5 heteroatoms. The molecule has 0 aliphatic heterocycles. The first-order valence-electron chi connectivity index (χ1n) is 6.28. The molecule has 0 aliphatic carbocycles. The van der Waals surface area contributed by atoms with E-state index in [2.05, 4.69) is 34.4 Å². The molecule has 3 N–H and O–H groups in total. The van der Waals surface area contributed by atoms with Crippen LogP contribution in [-0.4, -0.2) is 33.8 Å². The summed E-state index contributed by atoms with van der Waals surface area (Å²) in [4.78, 5) is 8.53. The predicted octanol–water partition coefficient (Wildman–Crippen LogP) is 2.21. The summed E-state index contributed by atoms with van der Waals surface area (Å²) in [6, 6.07) is 0. The number of aliphatic hydroxyl groups excluding tert-OH is 1. The van der Waals surface area contributed by atoms with Crippen molar-refractivity contribution < 1.29 is 5.11 Å². The molecule has 0 amide bonds. The van der Waals surface area contributed by atoms with Crippen LogP contribution in [0.1, 0.15) is 46.1 Å². The molecule has 0 spiro atoms. The Bertz CT molecular complexity index is 402. The van der Waals surface area contributed by atoms with Crippen LogP contribution < -0.4 is 10.6 Å². The maximum atomic E-state index is 9.78. The number of hydrogen-bond donors (Lipinski definition) is 3. The summed E-state index contributed by atoms with van der Waals surface area (Å²) >= 11 is 0. The van der Waals surface area contributed by atoms with Gasteiger partial charge in [0.1, 0.15) is 18.0 Å². The van der Waals surface area contributed by atoms with Crippen molar-refractivity contribution in [2.75, 3.05) is 17.7 Å². The van der Waals surface area contributed by atoms with Crippen LogP contribution >= 0.6 is 0 Å². The second kappa shape index (κ2) is 5.52. The van der Waals surface area contributed by atoms with Gasteiger partial charge in [-0.1, -0.05) is 13.8 Å². The van der Waals surface area contributed by atoms with E-state index in [1.54, 1.807) is 6.92 Å². The van der Waals surface area contributed by atoms with Crippen molar-refractivity contribution >= 4 is 11.6 Å². The second-order valence-electron chi connectivity index (χ2n) is 5.41. The molecule has 5 nitrogen and oxygen atoms in total. The fraction of sp³-hybridized carbons (Fsp3) is 0.692. The zero-order chi connectivity index (χ0) is 13.9. The number of aliphatic hydroxyl groups is 1. The van der Waals surface area contributed by atoms with Crippen LogP contribution in [0.5, 0.6) is 0 Å². The molecule has 0 saturated carbocycles. The molecular weight excluding hydrogens is 228 g/mol. The number of rotatable bonds is 5. The molecule has 102 valence electrons. The van der Waals surface area contributed by atoms with Gasteiger partial charge in [0, 0.05) is 12.6 Å². The summed E-state index contributed by atoms with van der Waals surface area (Å²) in [7, 11) is 1.85. The first-order chi connectivity index (χ1) is 8.29. The van der Waals surface area contributed by atoms with Crippen LogP contribution in [0.15, 0.2) is 6.33 Å². The summed E-state index contributed by atoms with van der Waals surface area (Å²) in [6.45, 7) is 9.86. The highest BCUT2D eigenvalue weighted by Gasteiger charge is 2.26. The Hall–Kier alpha value is -1.36. The quantitative estimate of drug-likeness (QED) is 0.749. The van der Waals surface area contributed by atoms with Gasteiger partial charge in [0.15, 0.2) is 0 Å². The van der Waals surface area contributed by atoms with Gasteiger partial charge < -0.3 is 15.7 Å². The van der Waals surface area contributed by atoms with E-state index < -0.39 is 11.6 Å². The lowest BCUT2D eigenvalue weighted by Gasteiger charge is -2.31. The standard InChI is InChI=1S/C13H24N4O/c1-8(2)10-11(14-6)15-7-16-12(10)17-13(4,5)9(3)18/h7-9,18H,1-6H3,(H2,14,15,16,17). The molecule has 0 radical (unpaired) electrons. The molecule has 0 aliphatic rings. The molecule has 0 bridgehead atoms. The van der Waals surface area contributed by atoms with E-state index in [4.69, 9.17) is 0 Å². The van der Waals surface area contributed by atoms with Crippen LogP contribution in [0.2, 0.25) is 0 Å². The predicted molar refractivity (Wildman–Crippen MR) is 75.1 cm³/mol. The van der Waals surface area contributed by atoms with E-state index in [1.165, 1.54) is 6.33 Å². The summed E-state index contributed by atoms with van der Waals surface area (Å²) in [5.41, 5.74) is 0.594. The summed E-state index contributed by atoms with van der Waals surface area (Å²) < 4.78 is 0. The fourth-order valence-corrected chi connectivity index (χ4v) is 1.65. The average Bonchev–Trinajstić information content (AvgIpc) is 2.27. The molecular formula is C13H24N4O. The van der Waals surface area contributed by atoms with Crippen molar-refractivity contribution in [1.29, 1.82) is 0 Å². The largest absolute Gasteiger partial charge is 0.391 e. The van der Waals surface area contributed by atoms with Gasteiger partial charge in [-0.3, -0.25) is 0 Å². The van der Waals surface area contributed by atoms with Gasteiger partial charge in [-0.25, -0.2) is 9.97 Å². The van der Waals surface area contributed by atoms with E-state index in [-0.39, 0.29) is 0 Å². The highest BCUT2D eigenvalue weighted by molar-refractivity contribution is 5.59. The van der Waals surface area contributed by atoms with Crippen LogP contribution in [0.4, 0.5) is 11.6 Å². The van der Waals surface area contributed by atoms with Gasteiger partial charge in [-0.15, -0.1) is 0 Å². The number of anilines is 2. The first kappa shape index (κ1) is 14.7. The smallest absolute Gasteiger partial charge is 0.135 e. The Morgan fingerprint density at radius 3 is 2.17 bits per heavy atom. The van der Waals surface area contributed by atoms with Crippen molar-refractivity contribution in [1.82, 2.24) is 9.97 Å². The summed E-state index contributed by atoms with van der Waals surface area (Å²) in [5, 5.41) is 16.2. The van der Waals surface area contributed by atoms with Crippen LogP contribution in [0.3, 0.4) is 0 Å². The summed E-state index contributed by atoms with van der Waals surface area (Å²) in [5.74, 6) is 1.89. The Kier molecular flexibility index (Phi) is 4.51. The lowest BCUT2D eigenvalue weighted by molar-refractivity contribution is 0.133. The molecule has 0 aromatic carbocycles. The zero-order valence-corrected chi connectivity index (χ0v) is 12.1. The highest BCUT2D eigenvalue weighted by atomic mass is 16.3. The van der Waals surface area contributed by atoms with E-state index in [9.17, 15) is 5.11 Å². The second-order valence-corrected chi connectivity index (χ2v) is 5.41. The monoisotopic (exact) mass is 252 g/mol. The van der Waals surface area contributed by atoms with E-state index in [0.29, 0.717) is 5.92 Å². The minimum Gasteiger partial charge on any atom is -0.391 e. The van der Waals surface area contributed by atoms with Crippen molar-refractivity contribution in [3.8, 4) is 0 Å². The van der Waals surface area contributed by atoms with Gasteiger partial charge in [0.05, 0.1) is 11.6 Å². The van der Waals surface area contributed by atoms with Crippen LogP contribution in [0.25, 0.3) is 0 Å². The molecule has 1 rings (SSSR count). The molecule has 18 heavy (non-hydrogen) atoms. The third-order valence-electron chi connectivity index (χ3n) is 3.18. The Morgan fingerprint density at radius 1 is 1.17 bits per heavy atom. The molecule has 0 saturated heterocycles. The molecule has 1 heterocycles. The average molecular weight is 252 g/mol. The molecule has 1 atom stereocenters. The van der Waals surface area contributed by atoms with Crippen molar-refractivity contribution in [2.24, 2.45) is 0 Å². The van der Waals surface area contributed by atoms with Gasteiger partial charge in [-0.2, -0.15) is 0 Å². The fourth-order valence-electron chi connectivity index (χ4n) is 1.65. The van der Waals surface area contributed by atoms with Gasteiger partial charge >= 0.3 is 0 Å². The van der Waals surface area contributed by atoms with Crippen molar-refractivity contribution in [3.05, 3.63) is 11.9 Å². The zero-order valence-electron chi connectivity index (χ0n) is 12.1. The minimum atomic E-state index is -0.481. The number of nitrogens with zero attached hydrogens (tertiary/aromatic N) is 2. The first-order valence-corrected chi connectivity index (χ1v) is 6.28. The minimum absolute atomic E-state index is 0.293. The van der Waals surface area contributed by atoms with Gasteiger partial charge in [0.2, 0.25) is 0 Å². The SMILES string of the molecule is CNc1ncnc(NC(C)(C)C(C)O)c1C(C)C. The third-order valence-corrected chi connectivity index (χ3v) is 3.18. The molecule has 1 aromatic rings. The van der Waals surface area contributed by atoms with E-state index >= 15 is 0 Å². The Morgan fingerprint density at radius 2 is 1.72 bits per heavy atom. The molecule has 0 fully saturated rings. The van der Waals surface area contributed by atoms with Gasteiger partial charge in [0.25, 0.3) is 0 Å². The normalized spacial score (nSPS) is 13.6.